The molecule has 9 heteroatoms. The van der Waals surface area contributed by atoms with Crippen LogP contribution in [0.4, 0.5) is 5.69 Å². The molecule has 0 fully saturated rings. The first-order chi connectivity index (χ1) is 11.3. The fraction of sp³-hybridized carbons (Fsp3) is 0. The highest BCUT2D eigenvalue weighted by Gasteiger charge is 2.20. The van der Waals surface area contributed by atoms with E-state index in [9.17, 15) is 13.6 Å². The fourth-order valence-electron chi connectivity index (χ4n) is 2.31. The van der Waals surface area contributed by atoms with Crippen molar-refractivity contribution in [2.75, 3.05) is 5.23 Å². The third-order valence-corrected chi connectivity index (χ3v) is 5.83. The van der Waals surface area contributed by atoms with Crippen LogP contribution in [-0.4, -0.2) is 17.6 Å². The van der Waals surface area contributed by atoms with Crippen molar-refractivity contribution in [3.05, 3.63) is 63.9 Å². The Labute approximate surface area is 145 Å². The Morgan fingerprint density at radius 1 is 1.21 bits per heavy atom. The van der Waals surface area contributed by atoms with E-state index in [2.05, 4.69) is 15.9 Å². The molecule has 1 aromatic heterocycles. The van der Waals surface area contributed by atoms with Gasteiger partial charge >= 0.3 is 0 Å². The first-order valence-corrected chi connectivity index (χ1v) is 8.80. The van der Waals surface area contributed by atoms with Crippen LogP contribution in [0.15, 0.2) is 58.0 Å². The summed E-state index contributed by atoms with van der Waals surface area (Å²) < 4.78 is 27.3. The summed E-state index contributed by atoms with van der Waals surface area (Å²) in [4.78, 5) is -0.0518. The van der Waals surface area contributed by atoms with Gasteiger partial charge in [-0.05, 0) is 42.5 Å². The lowest BCUT2D eigenvalue weighted by atomic mass is 10.2. The Balaban J connectivity index is 2.18. The molecule has 0 aliphatic carbocycles. The highest BCUT2D eigenvalue weighted by molar-refractivity contribution is 9.10. The number of halogens is 1. The van der Waals surface area contributed by atoms with E-state index < -0.39 is 10.0 Å². The molecule has 122 valence electrons. The fourth-order valence-corrected chi connectivity index (χ4v) is 4.23. The summed E-state index contributed by atoms with van der Waals surface area (Å²) in [6.45, 7) is 0. The summed E-state index contributed by atoms with van der Waals surface area (Å²) in [5.41, 5.74) is 0.598. The van der Waals surface area contributed by atoms with E-state index in [0.29, 0.717) is 20.9 Å². The van der Waals surface area contributed by atoms with E-state index in [0.717, 1.165) is 3.97 Å². The summed E-state index contributed by atoms with van der Waals surface area (Å²) in [6, 6.07) is 11.5. The van der Waals surface area contributed by atoms with E-state index >= 15 is 0 Å². The maximum atomic E-state index is 12.8. The molecule has 2 aromatic carbocycles. The molecule has 1 N–H and O–H groups in total. The van der Waals surface area contributed by atoms with Gasteiger partial charge in [-0.3, -0.25) is 5.21 Å². The maximum absolute atomic E-state index is 12.8. The van der Waals surface area contributed by atoms with Crippen LogP contribution in [0.5, 0.6) is 0 Å². The average Bonchev–Trinajstić information content (AvgIpc) is 3.00. The molecule has 0 unspecified atom stereocenters. The lowest BCUT2D eigenvalue weighted by Crippen LogP contribution is -2.12. The van der Waals surface area contributed by atoms with Gasteiger partial charge in [0.25, 0.3) is 10.0 Å². The Kier molecular flexibility index (Phi) is 4.06. The van der Waals surface area contributed by atoms with Gasteiger partial charge in [-0.25, -0.2) is 12.4 Å². The molecular weight excluding hydrogens is 398 g/mol. The molecule has 0 saturated heterocycles. The van der Waals surface area contributed by atoms with Crippen molar-refractivity contribution in [3.63, 3.8) is 0 Å². The molecular formula is C15H9BrN3O4S-. The normalized spacial score (nSPS) is 11.4. The van der Waals surface area contributed by atoms with Crippen LogP contribution in [-0.2, 0) is 10.0 Å². The van der Waals surface area contributed by atoms with Crippen LogP contribution < -0.4 is 5.23 Å². The van der Waals surface area contributed by atoms with Crippen LogP contribution in [0.2, 0.25) is 0 Å². The number of hydrogen-bond donors (Lipinski definition) is 1. The summed E-state index contributed by atoms with van der Waals surface area (Å²) in [5, 5.41) is 29.0. The van der Waals surface area contributed by atoms with Crippen LogP contribution in [0.25, 0.3) is 10.9 Å². The smallest absolute Gasteiger partial charge is 0.268 e. The van der Waals surface area contributed by atoms with Crippen molar-refractivity contribution in [2.24, 2.45) is 0 Å². The van der Waals surface area contributed by atoms with Crippen molar-refractivity contribution in [3.8, 4) is 6.07 Å². The number of hydrogen-bond acceptors (Lipinski definition) is 6. The van der Waals surface area contributed by atoms with E-state index in [1.54, 1.807) is 12.1 Å². The highest BCUT2D eigenvalue weighted by atomic mass is 79.9. The summed E-state index contributed by atoms with van der Waals surface area (Å²) >= 11 is 3.32. The van der Waals surface area contributed by atoms with Crippen molar-refractivity contribution in [2.45, 2.75) is 4.90 Å². The monoisotopic (exact) mass is 406 g/mol. The second kappa shape index (κ2) is 5.92. The first-order valence-electron chi connectivity index (χ1n) is 6.57. The quantitative estimate of drug-likeness (QED) is 0.668. The van der Waals surface area contributed by atoms with Gasteiger partial charge in [0.05, 0.1) is 27.7 Å². The molecule has 0 spiro atoms. The topological polar surface area (TPSA) is 109 Å². The van der Waals surface area contributed by atoms with E-state index in [1.807, 2.05) is 6.07 Å². The second-order valence-electron chi connectivity index (χ2n) is 4.89. The van der Waals surface area contributed by atoms with Gasteiger partial charge in [0.2, 0.25) is 0 Å². The van der Waals surface area contributed by atoms with E-state index in [1.165, 1.54) is 36.5 Å². The lowest BCUT2D eigenvalue weighted by Gasteiger charge is -2.21. The first kappa shape index (κ1) is 16.5. The van der Waals surface area contributed by atoms with E-state index in [-0.39, 0.29) is 15.8 Å². The number of nitriles is 1. The molecule has 0 saturated carbocycles. The van der Waals surface area contributed by atoms with Crippen molar-refractivity contribution in [1.82, 2.24) is 3.97 Å². The van der Waals surface area contributed by atoms with Gasteiger partial charge in [-0.15, -0.1) is 0 Å². The minimum atomic E-state index is -3.92. The number of benzene rings is 2. The molecule has 0 aliphatic heterocycles. The van der Waals surface area contributed by atoms with Crippen molar-refractivity contribution < 1.29 is 13.6 Å². The van der Waals surface area contributed by atoms with Crippen LogP contribution in [0.3, 0.4) is 0 Å². The number of aromatic nitrogens is 1. The minimum absolute atomic E-state index is 0.0518. The molecule has 1 heterocycles. The molecule has 7 nitrogen and oxygen atoms in total. The van der Waals surface area contributed by atoms with Crippen LogP contribution in [0, 0.1) is 16.5 Å². The Morgan fingerprint density at radius 3 is 2.46 bits per heavy atom. The maximum Gasteiger partial charge on any atom is 0.268 e. The van der Waals surface area contributed by atoms with E-state index in [4.69, 9.17) is 10.5 Å². The number of anilines is 1. The standard InChI is InChI=1S/C15H9BrN3O4S/c16-14-7-10(9-17)8-15-13(14)5-6-18(15)24(22,23)12-3-1-11(2-4-12)19(20)21/h1-8,20H/q-1. The van der Waals surface area contributed by atoms with Gasteiger partial charge in [0, 0.05) is 16.1 Å². The predicted octanol–water partition coefficient (Wildman–Crippen LogP) is 3.21. The third kappa shape index (κ3) is 2.65. The SMILES string of the molecule is N#Cc1cc(Br)c2ccn(S(=O)(=O)c3ccc(N([O-])O)cc3)c2c1. The molecule has 0 radical (unpaired) electrons. The molecule has 0 aliphatic rings. The van der Waals surface area contributed by atoms with Gasteiger partial charge in [-0.1, -0.05) is 15.9 Å². The predicted molar refractivity (Wildman–Crippen MR) is 91.0 cm³/mol. The molecule has 0 bridgehead atoms. The summed E-state index contributed by atoms with van der Waals surface area (Å²) in [7, 11) is -3.92. The number of fused-ring (bicyclic) bond motifs is 1. The Hall–Kier alpha value is -2.38. The van der Waals surface area contributed by atoms with Gasteiger partial charge < -0.3 is 10.4 Å². The number of rotatable bonds is 3. The zero-order valence-corrected chi connectivity index (χ0v) is 14.3. The Morgan fingerprint density at radius 2 is 1.88 bits per heavy atom. The highest BCUT2D eigenvalue weighted by Crippen LogP contribution is 2.29. The third-order valence-electron chi connectivity index (χ3n) is 3.47. The van der Waals surface area contributed by atoms with Crippen LogP contribution in [0.1, 0.15) is 5.56 Å². The largest absolute Gasteiger partial charge is 0.733 e. The van der Waals surface area contributed by atoms with Crippen LogP contribution >= 0.6 is 15.9 Å². The molecule has 24 heavy (non-hydrogen) atoms. The van der Waals surface area contributed by atoms with Crippen molar-refractivity contribution in [1.29, 1.82) is 5.26 Å². The van der Waals surface area contributed by atoms with Crippen molar-refractivity contribution >= 4 is 42.5 Å². The Bertz CT molecular complexity index is 1070. The molecule has 3 aromatic rings. The molecule has 3 rings (SSSR count). The molecule has 0 amide bonds. The number of nitrogens with zero attached hydrogens (tertiary/aromatic N) is 3. The summed E-state index contributed by atoms with van der Waals surface area (Å²) in [6.07, 6.45) is 1.39. The zero-order valence-electron chi connectivity index (χ0n) is 11.9. The second-order valence-corrected chi connectivity index (χ2v) is 7.56. The van der Waals surface area contributed by atoms with Gasteiger partial charge in [0.15, 0.2) is 0 Å². The minimum Gasteiger partial charge on any atom is -0.733 e. The molecule has 0 atom stereocenters. The van der Waals surface area contributed by atoms with Gasteiger partial charge in [-0.2, -0.15) is 5.26 Å². The van der Waals surface area contributed by atoms with Gasteiger partial charge in [0.1, 0.15) is 0 Å². The lowest BCUT2D eigenvalue weighted by molar-refractivity contribution is 0.296. The zero-order chi connectivity index (χ0) is 17.5. The average molecular weight is 407 g/mol. The summed E-state index contributed by atoms with van der Waals surface area (Å²) in [5.74, 6) is 0.